The van der Waals surface area contributed by atoms with Gasteiger partial charge in [0.25, 0.3) is 0 Å². The molecule has 2 aromatic rings. The average molecular weight is 263 g/mol. The smallest absolute Gasteiger partial charge is 0.306 e. The van der Waals surface area contributed by atoms with Gasteiger partial charge < -0.3 is 20.3 Å². The molecule has 2 atom stereocenters. The van der Waals surface area contributed by atoms with Crippen molar-refractivity contribution in [2.75, 3.05) is 0 Å². The highest BCUT2D eigenvalue weighted by molar-refractivity contribution is 5.78. The number of benzene rings is 1. The summed E-state index contributed by atoms with van der Waals surface area (Å²) >= 11 is 0. The molecular formula is C13H13NO5. The number of carboxylic acid groups (broad SMARTS) is 1. The van der Waals surface area contributed by atoms with Gasteiger partial charge in [-0.25, -0.2) is 0 Å². The highest BCUT2D eigenvalue weighted by atomic mass is 16.4. The Morgan fingerprint density at radius 2 is 2.00 bits per heavy atom. The van der Waals surface area contributed by atoms with Gasteiger partial charge in [0.05, 0.1) is 12.5 Å². The minimum Gasteiger partial charge on any atom is -0.481 e. The number of aliphatic carboxylic acids is 1. The lowest BCUT2D eigenvalue weighted by atomic mass is 10.0. The predicted molar refractivity (Wildman–Crippen MR) is 67.8 cm³/mol. The van der Waals surface area contributed by atoms with Crippen LogP contribution in [-0.2, 0) is 4.79 Å². The maximum Gasteiger partial charge on any atom is 0.306 e. The third-order valence-electron chi connectivity index (χ3n) is 2.87. The molecule has 4 N–H and O–H groups in total. The van der Waals surface area contributed by atoms with E-state index in [1.54, 1.807) is 0 Å². The van der Waals surface area contributed by atoms with Gasteiger partial charge in [0, 0.05) is 23.2 Å². The van der Waals surface area contributed by atoms with Crippen molar-refractivity contribution in [3.05, 3.63) is 46.2 Å². The van der Waals surface area contributed by atoms with Gasteiger partial charge in [-0.05, 0) is 17.7 Å². The molecule has 1 aromatic heterocycles. The number of rotatable bonds is 4. The Labute approximate surface area is 107 Å². The van der Waals surface area contributed by atoms with Gasteiger partial charge in [-0.2, -0.15) is 0 Å². The normalized spacial score (nSPS) is 14.2. The number of aromatic amines is 1. The SMILES string of the molecule is O=C(O)CC(O)C(O)c1ccc2c(=O)cc[nH]c2c1. The van der Waals surface area contributed by atoms with Gasteiger partial charge in [0.1, 0.15) is 6.10 Å². The number of aliphatic hydroxyl groups is 2. The molecule has 100 valence electrons. The summed E-state index contributed by atoms with van der Waals surface area (Å²) < 4.78 is 0. The summed E-state index contributed by atoms with van der Waals surface area (Å²) in [7, 11) is 0. The van der Waals surface area contributed by atoms with E-state index in [0.717, 1.165) is 0 Å². The van der Waals surface area contributed by atoms with Crippen molar-refractivity contribution in [3.63, 3.8) is 0 Å². The van der Waals surface area contributed by atoms with Crippen molar-refractivity contribution < 1.29 is 20.1 Å². The number of hydrogen-bond donors (Lipinski definition) is 4. The number of aromatic nitrogens is 1. The average Bonchev–Trinajstić information content (AvgIpc) is 2.37. The molecule has 0 amide bonds. The topological polar surface area (TPSA) is 111 Å². The Kier molecular flexibility index (Phi) is 3.64. The first-order valence-electron chi connectivity index (χ1n) is 5.68. The number of fused-ring (bicyclic) bond motifs is 1. The van der Waals surface area contributed by atoms with Crippen LogP contribution in [0.4, 0.5) is 0 Å². The Bertz CT molecular complexity index is 663. The first-order valence-corrected chi connectivity index (χ1v) is 5.68. The standard InChI is InChI=1S/C13H13NO5/c15-10-3-4-14-9-5-7(1-2-8(9)10)13(19)11(16)6-12(17)18/h1-5,11,13,16,19H,6H2,(H,14,15)(H,17,18). The summed E-state index contributed by atoms with van der Waals surface area (Å²) in [6.07, 6.45) is -1.78. The fourth-order valence-corrected chi connectivity index (χ4v) is 1.89. The Morgan fingerprint density at radius 3 is 2.68 bits per heavy atom. The zero-order valence-electron chi connectivity index (χ0n) is 9.91. The molecule has 0 aliphatic heterocycles. The van der Waals surface area contributed by atoms with Crippen LogP contribution in [0.2, 0.25) is 0 Å². The Balaban J connectivity index is 2.35. The molecule has 2 rings (SSSR count). The lowest BCUT2D eigenvalue weighted by molar-refractivity contribution is -0.141. The summed E-state index contributed by atoms with van der Waals surface area (Å²) in [6.45, 7) is 0. The summed E-state index contributed by atoms with van der Waals surface area (Å²) in [5, 5.41) is 28.5. The number of hydrogen-bond acceptors (Lipinski definition) is 4. The minimum absolute atomic E-state index is 0.152. The van der Waals surface area contributed by atoms with Crippen molar-refractivity contribution in [3.8, 4) is 0 Å². The zero-order valence-corrected chi connectivity index (χ0v) is 9.91. The van der Waals surface area contributed by atoms with E-state index in [1.165, 1.54) is 30.5 Å². The van der Waals surface area contributed by atoms with Crippen LogP contribution in [-0.4, -0.2) is 32.4 Å². The molecular weight excluding hydrogens is 250 g/mol. The third-order valence-corrected chi connectivity index (χ3v) is 2.87. The molecule has 1 heterocycles. The van der Waals surface area contributed by atoms with Crippen molar-refractivity contribution in [1.82, 2.24) is 4.98 Å². The van der Waals surface area contributed by atoms with Gasteiger partial charge in [-0.15, -0.1) is 0 Å². The van der Waals surface area contributed by atoms with Crippen LogP contribution in [0, 0.1) is 0 Å². The number of carboxylic acids is 1. The second-order valence-electron chi connectivity index (χ2n) is 4.26. The highest BCUT2D eigenvalue weighted by Crippen LogP contribution is 2.21. The number of pyridine rings is 1. The second-order valence-corrected chi connectivity index (χ2v) is 4.26. The van der Waals surface area contributed by atoms with E-state index in [9.17, 15) is 19.8 Å². The first-order chi connectivity index (χ1) is 8.99. The molecule has 1 aromatic carbocycles. The van der Waals surface area contributed by atoms with Crippen LogP contribution in [0.15, 0.2) is 35.3 Å². The van der Waals surface area contributed by atoms with Crippen molar-refractivity contribution in [2.45, 2.75) is 18.6 Å². The van der Waals surface area contributed by atoms with Crippen LogP contribution in [0.1, 0.15) is 18.1 Å². The first kappa shape index (κ1) is 13.3. The van der Waals surface area contributed by atoms with Crippen LogP contribution in [0.25, 0.3) is 10.9 Å². The Morgan fingerprint density at radius 1 is 1.26 bits per heavy atom. The van der Waals surface area contributed by atoms with E-state index in [4.69, 9.17) is 5.11 Å². The van der Waals surface area contributed by atoms with E-state index in [2.05, 4.69) is 4.98 Å². The monoisotopic (exact) mass is 263 g/mol. The van der Waals surface area contributed by atoms with Crippen molar-refractivity contribution >= 4 is 16.9 Å². The van der Waals surface area contributed by atoms with Gasteiger partial charge in [0.15, 0.2) is 5.43 Å². The number of aliphatic hydroxyl groups excluding tert-OH is 2. The second kappa shape index (κ2) is 5.21. The maximum absolute atomic E-state index is 11.5. The molecule has 0 radical (unpaired) electrons. The summed E-state index contributed by atoms with van der Waals surface area (Å²) in [5.41, 5.74) is 0.718. The highest BCUT2D eigenvalue weighted by Gasteiger charge is 2.21. The van der Waals surface area contributed by atoms with E-state index in [0.29, 0.717) is 16.5 Å². The van der Waals surface area contributed by atoms with Crippen LogP contribution < -0.4 is 5.43 Å². The molecule has 2 unspecified atom stereocenters. The fourth-order valence-electron chi connectivity index (χ4n) is 1.89. The third kappa shape index (κ3) is 2.81. The fraction of sp³-hybridized carbons (Fsp3) is 0.231. The van der Waals surface area contributed by atoms with Crippen molar-refractivity contribution in [1.29, 1.82) is 0 Å². The molecule has 0 aliphatic carbocycles. The molecule has 0 saturated carbocycles. The van der Waals surface area contributed by atoms with E-state index in [1.807, 2.05) is 0 Å². The van der Waals surface area contributed by atoms with Crippen LogP contribution >= 0.6 is 0 Å². The van der Waals surface area contributed by atoms with E-state index in [-0.39, 0.29) is 5.43 Å². The molecule has 0 fully saturated rings. The quantitative estimate of drug-likeness (QED) is 0.638. The Hall–Kier alpha value is -2.18. The molecule has 6 heteroatoms. The van der Waals surface area contributed by atoms with Gasteiger partial charge in [-0.1, -0.05) is 6.07 Å². The molecule has 0 bridgehead atoms. The van der Waals surface area contributed by atoms with Gasteiger partial charge in [0.2, 0.25) is 0 Å². The van der Waals surface area contributed by atoms with Crippen LogP contribution in [0.5, 0.6) is 0 Å². The molecule has 6 nitrogen and oxygen atoms in total. The van der Waals surface area contributed by atoms with Crippen molar-refractivity contribution in [2.24, 2.45) is 0 Å². The summed E-state index contributed by atoms with van der Waals surface area (Å²) in [5.74, 6) is -1.19. The lowest BCUT2D eigenvalue weighted by Gasteiger charge is -2.16. The zero-order chi connectivity index (χ0) is 14.0. The molecule has 0 spiro atoms. The van der Waals surface area contributed by atoms with Gasteiger partial charge >= 0.3 is 5.97 Å². The number of nitrogens with one attached hydrogen (secondary N) is 1. The lowest BCUT2D eigenvalue weighted by Crippen LogP contribution is -2.21. The van der Waals surface area contributed by atoms with Crippen LogP contribution in [0.3, 0.4) is 0 Å². The summed E-state index contributed by atoms with van der Waals surface area (Å²) in [4.78, 5) is 24.9. The van der Waals surface area contributed by atoms with E-state index >= 15 is 0 Å². The number of H-pyrrole nitrogens is 1. The largest absolute Gasteiger partial charge is 0.481 e. The minimum atomic E-state index is -1.40. The van der Waals surface area contributed by atoms with Gasteiger partial charge in [-0.3, -0.25) is 9.59 Å². The predicted octanol–water partition coefficient (Wildman–Crippen LogP) is 0.397. The van der Waals surface area contributed by atoms with E-state index < -0.39 is 24.6 Å². The number of carbonyl (C=O) groups is 1. The molecule has 0 aliphatic rings. The molecule has 0 saturated heterocycles. The molecule has 19 heavy (non-hydrogen) atoms. The summed E-state index contributed by atoms with van der Waals surface area (Å²) in [6, 6.07) is 5.93. The maximum atomic E-state index is 11.5.